The van der Waals surface area contributed by atoms with Crippen molar-refractivity contribution in [3.05, 3.63) is 71.2 Å². The molecule has 0 radical (unpaired) electrons. The number of carbonyl (C=O) groups excluding carboxylic acids is 2. The van der Waals surface area contributed by atoms with E-state index in [9.17, 15) is 22.8 Å². The Labute approximate surface area is 172 Å². The molecule has 0 bridgehead atoms. The molecule has 1 saturated heterocycles. The fraction of sp³-hybridized carbons (Fsp3) is 0.273. The lowest BCUT2D eigenvalue weighted by Gasteiger charge is -2.36. The molecule has 2 amide bonds. The lowest BCUT2D eigenvalue weighted by atomic mass is 10.0. The Balaban J connectivity index is 1.80. The molecule has 4 rings (SSSR count). The Hall–Kier alpha value is -3.13. The van der Waals surface area contributed by atoms with Crippen molar-refractivity contribution < 1.29 is 22.8 Å². The fourth-order valence-corrected chi connectivity index (χ4v) is 3.85. The molecule has 8 heteroatoms. The van der Waals surface area contributed by atoms with Crippen LogP contribution in [-0.4, -0.2) is 54.3 Å². The smallest absolute Gasteiger partial charge is 0.282 e. The molecule has 0 spiro atoms. The molecule has 0 aliphatic carbocycles. The monoisotopic (exact) mass is 415 g/mol. The van der Waals surface area contributed by atoms with E-state index >= 15 is 0 Å². The Morgan fingerprint density at radius 2 is 1.47 bits per heavy atom. The van der Waals surface area contributed by atoms with E-state index in [0.29, 0.717) is 36.6 Å². The molecule has 2 aromatic carbocycles. The highest BCUT2D eigenvalue weighted by Crippen LogP contribution is 2.36. The lowest BCUT2D eigenvalue weighted by Crippen LogP contribution is -2.47. The Kier molecular flexibility index (Phi) is 5.34. The van der Waals surface area contributed by atoms with E-state index in [1.54, 1.807) is 4.90 Å². The molecule has 0 unspecified atom stereocenters. The standard InChI is InChI=1S/C22H20F3N3O2/c1-2-26-9-11-27(12-10-26)20-19(14-3-5-15(23)6-4-14)21(29)28(22(20)30)18-13-16(24)7-8-17(18)25/h3-8,13H,2,9-12H2,1H3. The molecule has 0 saturated carbocycles. The van der Waals surface area contributed by atoms with E-state index in [0.717, 1.165) is 24.7 Å². The van der Waals surface area contributed by atoms with Crippen molar-refractivity contribution in [1.29, 1.82) is 0 Å². The zero-order valence-corrected chi connectivity index (χ0v) is 16.4. The molecule has 2 aliphatic heterocycles. The number of halogens is 3. The topological polar surface area (TPSA) is 43.9 Å². The fourth-order valence-electron chi connectivity index (χ4n) is 3.85. The van der Waals surface area contributed by atoms with Crippen molar-refractivity contribution in [3.63, 3.8) is 0 Å². The minimum absolute atomic E-state index is 0.0635. The van der Waals surface area contributed by atoms with Gasteiger partial charge >= 0.3 is 0 Å². The molecular weight excluding hydrogens is 395 g/mol. The largest absolute Gasteiger partial charge is 0.364 e. The molecule has 2 aromatic rings. The van der Waals surface area contributed by atoms with Crippen molar-refractivity contribution in [2.75, 3.05) is 37.6 Å². The summed E-state index contributed by atoms with van der Waals surface area (Å²) in [4.78, 5) is 31.2. The minimum atomic E-state index is -0.881. The number of carbonyl (C=O) groups is 2. The van der Waals surface area contributed by atoms with Gasteiger partial charge in [0, 0.05) is 32.2 Å². The first-order chi connectivity index (χ1) is 14.4. The van der Waals surface area contributed by atoms with Crippen molar-refractivity contribution in [2.24, 2.45) is 0 Å². The van der Waals surface area contributed by atoms with Crippen LogP contribution in [0.1, 0.15) is 12.5 Å². The number of hydrogen-bond acceptors (Lipinski definition) is 4. The molecule has 0 atom stereocenters. The zero-order valence-electron chi connectivity index (χ0n) is 16.4. The van der Waals surface area contributed by atoms with Crippen LogP contribution in [0.4, 0.5) is 18.9 Å². The molecule has 2 heterocycles. The summed E-state index contributed by atoms with van der Waals surface area (Å²) in [5.74, 6) is -3.60. The second-order valence-electron chi connectivity index (χ2n) is 7.19. The predicted molar refractivity (Wildman–Crippen MR) is 106 cm³/mol. The van der Waals surface area contributed by atoms with Gasteiger partial charge in [-0.1, -0.05) is 19.1 Å². The number of imide groups is 1. The summed E-state index contributed by atoms with van der Waals surface area (Å²) < 4.78 is 41.6. The van der Waals surface area contributed by atoms with Crippen LogP contribution in [0.3, 0.4) is 0 Å². The lowest BCUT2D eigenvalue weighted by molar-refractivity contribution is -0.120. The van der Waals surface area contributed by atoms with Gasteiger partial charge in [-0.25, -0.2) is 18.1 Å². The van der Waals surface area contributed by atoms with Crippen molar-refractivity contribution >= 4 is 23.1 Å². The third-order valence-electron chi connectivity index (χ3n) is 5.48. The number of hydrogen-bond donors (Lipinski definition) is 0. The molecule has 1 fully saturated rings. The third-order valence-corrected chi connectivity index (χ3v) is 5.48. The van der Waals surface area contributed by atoms with Gasteiger partial charge in [0.25, 0.3) is 11.8 Å². The summed E-state index contributed by atoms with van der Waals surface area (Å²) in [5, 5.41) is 0. The quantitative estimate of drug-likeness (QED) is 0.721. The molecule has 0 aromatic heterocycles. The van der Waals surface area contributed by atoms with Crippen LogP contribution in [0.2, 0.25) is 0 Å². The third kappa shape index (κ3) is 3.47. The van der Waals surface area contributed by atoms with Gasteiger partial charge in [0.2, 0.25) is 0 Å². The van der Waals surface area contributed by atoms with E-state index in [1.807, 2.05) is 6.92 Å². The Morgan fingerprint density at radius 3 is 2.10 bits per heavy atom. The first-order valence-corrected chi connectivity index (χ1v) is 9.72. The van der Waals surface area contributed by atoms with Gasteiger partial charge in [-0.3, -0.25) is 9.59 Å². The molecule has 30 heavy (non-hydrogen) atoms. The van der Waals surface area contributed by atoms with Crippen molar-refractivity contribution in [2.45, 2.75) is 6.92 Å². The maximum Gasteiger partial charge on any atom is 0.282 e. The number of amides is 2. The second-order valence-corrected chi connectivity index (χ2v) is 7.19. The van der Waals surface area contributed by atoms with E-state index < -0.39 is 35.0 Å². The highest BCUT2D eigenvalue weighted by Gasteiger charge is 2.44. The van der Waals surface area contributed by atoms with Crippen LogP contribution < -0.4 is 4.90 Å². The SMILES string of the molecule is CCN1CCN(C2=C(c3ccc(F)cc3)C(=O)N(c3cc(F)ccc3F)C2=O)CC1. The average molecular weight is 415 g/mol. The van der Waals surface area contributed by atoms with Crippen molar-refractivity contribution in [1.82, 2.24) is 9.80 Å². The maximum absolute atomic E-state index is 14.4. The number of anilines is 1. The minimum Gasteiger partial charge on any atom is -0.364 e. The molecule has 2 aliphatic rings. The normalized spacial score (nSPS) is 18.0. The van der Waals surface area contributed by atoms with Crippen LogP contribution in [0, 0.1) is 17.5 Å². The van der Waals surface area contributed by atoms with Gasteiger partial charge in [-0.05, 0) is 36.4 Å². The average Bonchev–Trinajstić information content (AvgIpc) is 3.00. The highest BCUT2D eigenvalue weighted by atomic mass is 19.1. The van der Waals surface area contributed by atoms with Crippen LogP contribution in [0.15, 0.2) is 48.2 Å². The predicted octanol–water partition coefficient (Wildman–Crippen LogP) is 3.03. The van der Waals surface area contributed by atoms with E-state index in [2.05, 4.69) is 4.90 Å². The van der Waals surface area contributed by atoms with Gasteiger partial charge in [0.15, 0.2) is 0 Å². The first-order valence-electron chi connectivity index (χ1n) is 9.72. The zero-order chi connectivity index (χ0) is 21.4. The molecular formula is C22H20F3N3O2. The van der Waals surface area contributed by atoms with E-state index in [-0.39, 0.29) is 11.3 Å². The van der Waals surface area contributed by atoms with Crippen LogP contribution in [-0.2, 0) is 9.59 Å². The molecule has 5 nitrogen and oxygen atoms in total. The van der Waals surface area contributed by atoms with Gasteiger partial charge < -0.3 is 9.80 Å². The summed E-state index contributed by atoms with van der Waals surface area (Å²) in [6.45, 7) is 5.32. The number of nitrogens with zero attached hydrogens (tertiary/aromatic N) is 3. The Morgan fingerprint density at radius 1 is 0.833 bits per heavy atom. The maximum atomic E-state index is 14.4. The molecule has 156 valence electrons. The summed E-state index contributed by atoms with van der Waals surface area (Å²) in [6, 6.07) is 7.82. The number of piperazine rings is 1. The van der Waals surface area contributed by atoms with Gasteiger partial charge in [-0.2, -0.15) is 0 Å². The van der Waals surface area contributed by atoms with Crippen LogP contribution in [0.5, 0.6) is 0 Å². The van der Waals surface area contributed by atoms with E-state index in [4.69, 9.17) is 0 Å². The van der Waals surface area contributed by atoms with Crippen LogP contribution >= 0.6 is 0 Å². The molecule has 0 N–H and O–H groups in total. The summed E-state index contributed by atoms with van der Waals surface area (Å²) >= 11 is 0. The number of likely N-dealkylation sites (N-methyl/N-ethyl adjacent to an activating group) is 1. The van der Waals surface area contributed by atoms with Crippen molar-refractivity contribution in [3.8, 4) is 0 Å². The van der Waals surface area contributed by atoms with Gasteiger partial charge in [0.1, 0.15) is 23.1 Å². The van der Waals surface area contributed by atoms with Gasteiger partial charge in [0.05, 0.1) is 11.3 Å². The number of benzene rings is 2. The summed E-state index contributed by atoms with van der Waals surface area (Å²) in [7, 11) is 0. The highest BCUT2D eigenvalue weighted by molar-refractivity contribution is 6.45. The first kappa shape index (κ1) is 20.2. The van der Waals surface area contributed by atoms with E-state index in [1.165, 1.54) is 24.3 Å². The van der Waals surface area contributed by atoms with Crippen LogP contribution in [0.25, 0.3) is 5.57 Å². The summed E-state index contributed by atoms with van der Waals surface area (Å²) in [5.41, 5.74) is 0.105. The summed E-state index contributed by atoms with van der Waals surface area (Å²) in [6.07, 6.45) is 0. The number of rotatable bonds is 4. The van der Waals surface area contributed by atoms with Gasteiger partial charge in [-0.15, -0.1) is 0 Å². The Bertz CT molecular complexity index is 1030. The second kappa shape index (κ2) is 7.95.